The van der Waals surface area contributed by atoms with Crippen LogP contribution in [0.4, 0.5) is 13.2 Å². The Morgan fingerprint density at radius 3 is 2.42 bits per heavy atom. The monoisotopic (exact) mass is 395 g/mol. The third kappa shape index (κ3) is 3.26. The summed E-state index contributed by atoms with van der Waals surface area (Å²) in [5, 5.41) is 0. The van der Waals surface area contributed by atoms with Crippen LogP contribution in [-0.2, 0) is 15.7 Å². The van der Waals surface area contributed by atoms with Crippen molar-refractivity contribution in [1.82, 2.24) is 0 Å². The first-order valence-electron chi connectivity index (χ1n) is 6.80. The van der Waals surface area contributed by atoms with E-state index in [0.717, 1.165) is 12.1 Å². The Bertz CT molecular complexity index is 872. The van der Waals surface area contributed by atoms with Crippen molar-refractivity contribution < 1.29 is 22.7 Å². The number of cyclic esters (lactones) is 1. The first kappa shape index (κ1) is 16.4. The van der Waals surface area contributed by atoms with Crippen LogP contribution >= 0.6 is 15.9 Å². The van der Waals surface area contributed by atoms with Gasteiger partial charge in [0.2, 0.25) is 5.90 Å². The molecule has 0 unspecified atom stereocenters. The predicted molar refractivity (Wildman–Crippen MR) is 86.2 cm³/mol. The number of benzene rings is 2. The minimum absolute atomic E-state index is 0.0446. The Hall–Kier alpha value is -2.41. The van der Waals surface area contributed by atoms with Crippen molar-refractivity contribution in [3.63, 3.8) is 0 Å². The number of nitrogens with zero attached hydrogens (tertiary/aromatic N) is 1. The topological polar surface area (TPSA) is 38.7 Å². The molecule has 0 N–H and O–H groups in total. The van der Waals surface area contributed by atoms with Crippen LogP contribution in [0.2, 0.25) is 0 Å². The van der Waals surface area contributed by atoms with Gasteiger partial charge in [-0.25, -0.2) is 9.79 Å². The largest absolute Gasteiger partial charge is 0.416 e. The minimum Gasteiger partial charge on any atom is -0.402 e. The summed E-state index contributed by atoms with van der Waals surface area (Å²) in [6, 6.07) is 11.9. The maximum absolute atomic E-state index is 13.0. The van der Waals surface area contributed by atoms with E-state index in [4.69, 9.17) is 4.74 Å². The van der Waals surface area contributed by atoms with Crippen molar-refractivity contribution in [3.05, 3.63) is 75.4 Å². The minimum atomic E-state index is -4.52. The summed E-state index contributed by atoms with van der Waals surface area (Å²) < 4.78 is 44.8. The van der Waals surface area contributed by atoms with Gasteiger partial charge in [0.05, 0.1) is 11.1 Å². The number of hydrogen-bond acceptors (Lipinski definition) is 3. The van der Waals surface area contributed by atoms with Crippen molar-refractivity contribution in [2.24, 2.45) is 4.99 Å². The Morgan fingerprint density at radius 2 is 1.71 bits per heavy atom. The van der Waals surface area contributed by atoms with Crippen LogP contribution in [-0.4, -0.2) is 11.9 Å². The van der Waals surface area contributed by atoms with E-state index in [1.807, 2.05) is 0 Å². The first-order valence-corrected chi connectivity index (χ1v) is 7.59. The van der Waals surface area contributed by atoms with Crippen LogP contribution in [0, 0.1) is 0 Å². The molecule has 0 radical (unpaired) electrons. The van der Waals surface area contributed by atoms with E-state index in [2.05, 4.69) is 20.9 Å². The van der Waals surface area contributed by atoms with Crippen LogP contribution < -0.4 is 0 Å². The highest BCUT2D eigenvalue weighted by molar-refractivity contribution is 9.10. The Labute approximate surface area is 143 Å². The molecule has 0 aromatic heterocycles. The fourth-order valence-corrected chi connectivity index (χ4v) is 2.64. The maximum atomic E-state index is 13.0. The van der Waals surface area contributed by atoms with Gasteiger partial charge in [-0.05, 0) is 45.8 Å². The standard InChI is InChI=1S/C17H9BrF3NO2/c18-13-8-4-2-6-11(13)15-22-14(16(23)24-15)9-10-5-1-3-7-12(10)17(19,20)21/h1-9H/b14-9-. The molecule has 0 bridgehead atoms. The lowest BCUT2D eigenvalue weighted by atomic mass is 10.1. The summed E-state index contributed by atoms with van der Waals surface area (Å²) in [6.45, 7) is 0. The zero-order valence-electron chi connectivity index (χ0n) is 12.0. The van der Waals surface area contributed by atoms with Gasteiger partial charge in [-0.3, -0.25) is 0 Å². The third-order valence-corrected chi connectivity index (χ3v) is 3.97. The van der Waals surface area contributed by atoms with Crippen molar-refractivity contribution in [2.75, 3.05) is 0 Å². The molecule has 0 fully saturated rings. The van der Waals surface area contributed by atoms with Crippen molar-refractivity contribution >= 4 is 33.9 Å². The number of esters is 1. The second kappa shape index (κ2) is 6.24. The molecule has 0 saturated carbocycles. The predicted octanol–water partition coefficient (Wildman–Crippen LogP) is 4.81. The molecule has 1 aliphatic rings. The van der Waals surface area contributed by atoms with Crippen molar-refractivity contribution in [3.8, 4) is 0 Å². The fraction of sp³-hybridized carbons (Fsp3) is 0.0588. The van der Waals surface area contributed by atoms with E-state index in [1.165, 1.54) is 18.2 Å². The number of ether oxygens (including phenoxy) is 1. The van der Waals surface area contributed by atoms with Crippen LogP contribution in [0.15, 0.2) is 63.7 Å². The normalized spacial score (nSPS) is 16.2. The summed E-state index contributed by atoms with van der Waals surface area (Å²) in [6.07, 6.45) is -3.44. The summed E-state index contributed by atoms with van der Waals surface area (Å²) in [5.74, 6) is -0.749. The van der Waals surface area contributed by atoms with Gasteiger partial charge < -0.3 is 4.74 Å². The molecule has 24 heavy (non-hydrogen) atoms. The van der Waals surface area contributed by atoms with E-state index < -0.39 is 17.7 Å². The molecular formula is C17H9BrF3NO2. The van der Waals surface area contributed by atoms with Crippen LogP contribution in [0.3, 0.4) is 0 Å². The van der Waals surface area contributed by atoms with E-state index >= 15 is 0 Å². The van der Waals surface area contributed by atoms with Gasteiger partial charge in [-0.1, -0.05) is 30.3 Å². The summed E-state index contributed by atoms with van der Waals surface area (Å²) in [5.41, 5.74) is -0.625. The van der Waals surface area contributed by atoms with Gasteiger partial charge in [0.1, 0.15) is 0 Å². The van der Waals surface area contributed by atoms with Gasteiger partial charge in [0, 0.05) is 4.47 Å². The van der Waals surface area contributed by atoms with E-state index in [1.54, 1.807) is 24.3 Å². The van der Waals surface area contributed by atoms with Gasteiger partial charge >= 0.3 is 12.1 Å². The molecular weight excluding hydrogens is 387 g/mol. The molecule has 7 heteroatoms. The van der Waals surface area contributed by atoms with E-state index in [-0.39, 0.29) is 17.2 Å². The number of alkyl halides is 3. The van der Waals surface area contributed by atoms with E-state index in [9.17, 15) is 18.0 Å². The Kier molecular flexibility index (Phi) is 4.28. The number of carbonyl (C=O) groups is 1. The van der Waals surface area contributed by atoms with Crippen LogP contribution in [0.1, 0.15) is 16.7 Å². The van der Waals surface area contributed by atoms with Gasteiger partial charge in [0.25, 0.3) is 0 Å². The lowest BCUT2D eigenvalue weighted by Gasteiger charge is -2.09. The molecule has 3 nitrogen and oxygen atoms in total. The fourth-order valence-electron chi connectivity index (χ4n) is 2.19. The molecule has 3 rings (SSSR count). The molecule has 0 spiro atoms. The lowest BCUT2D eigenvalue weighted by molar-refractivity contribution is -0.137. The summed E-state index contributed by atoms with van der Waals surface area (Å²) >= 11 is 3.31. The highest BCUT2D eigenvalue weighted by Gasteiger charge is 2.33. The number of hydrogen-bond donors (Lipinski definition) is 0. The molecule has 0 atom stereocenters. The van der Waals surface area contributed by atoms with Crippen LogP contribution in [0.5, 0.6) is 0 Å². The second-order valence-electron chi connectivity index (χ2n) is 4.90. The SMILES string of the molecule is O=C1OC(c2ccccc2Br)=N/C1=C\c1ccccc1C(F)(F)F. The number of aliphatic imine (C=N–C) groups is 1. The zero-order valence-corrected chi connectivity index (χ0v) is 13.6. The highest BCUT2D eigenvalue weighted by atomic mass is 79.9. The zero-order chi connectivity index (χ0) is 17.3. The first-order chi connectivity index (χ1) is 11.4. The molecule has 0 saturated heterocycles. The number of rotatable bonds is 2. The Balaban J connectivity index is 2.03. The van der Waals surface area contributed by atoms with Gasteiger partial charge in [-0.2, -0.15) is 13.2 Å². The Morgan fingerprint density at radius 1 is 1.04 bits per heavy atom. The second-order valence-corrected chi connectivity index (χ2v) is 5.76. The number of halogens is 4. The molecule has 1 heterocycles. The quantitative estimate of drug-likeness (QED) is 0.540. The highest BCUT2D eigenvalue weighted by Crippen LogP contribution is 2.33. The summed E-state index contributed by atoms with van der Waals surface area (Å²) in [4.78, 5) is 16.0. The average Bonchev–Trinajstić information content (AvgIpc) is 2.88. The molecule has 2 aromatic carbocycles. The van der Waals surface area contributed by atoms with Crippen molar-refractivity contribution in [1.29, 1.82) is 0 Å². The van der Waals surface area contributed by atoms with Crippen LogP contribution in [0.25, 0.3) is 6.08 Å². The lowest BCUT2D eigenvalue weighted by Crippen LogP contribution is -2.08. The smallest absolute Gasteiger partial charge is 0.402 e. The summed E-state index contributed by atoms with van der Waals surface area (Å²) in [7, 11) is 0. The molecule has 122 valence electrons. The van der Waals surface area contributed by atoms with E-state index in [0.29, 0.717) is 10.0 Å². The van der Waals surface area contributed by atoms with Gasteiger partial charge in [0.15, 0.2) is 5.70 Å². The molecule has 1 aliphatic heterocycles. The van der Waals surface area contributed by atoms with Gasteiger partial charge in [-0.15, -0.1) is 0 Å². The molecule has 0 amide bonds. The molecule has 0 aliphatic carbocycles. The molecule has 2 aromatic rings. The maximum Gasteiger partial charge on any atom is 0.416 e. The average molecular weight is 396 g/mol. The number of carbonyl (C=O) groups excluding carboxylic acids is 1. The van der Waals surface area contributed by atoms with Crippen molar-refractivity contribution in [2.45, 2.75) is 6.18 Å². The third-order valence-electron chi connectivity index (χ3n) is 3.28.